The third-order valence-electron chi connectivity index (χ3n) is 3.81. The number of hydrogen-bond acceptors (Lipinski definition) is 5. The molecule has 1 saturated heterocycles. The van der Waals surface area contributed by atoms with Crippen molar-refractivity contribution >= 4 is 11.5 Å². The minimum absolute atomic E-state index is 0.0443. The molecule has 0 amide bonds. The number of likely N-dealkylation sites (tertiary alicyclic amines) is 1. The Balaban J connectivity index is 1.87. The van der Waals surface area contributed by atoms with Gasteiger partial charge in [-0.25, -0.2) is 4.98 Å². The van der Waals surface area contributed by atoms with Gasteiger partial charge >= 0.3 is 5.69 Å². The first-order valence-corrected chi connectivity index (χ1v) is 7.14. The third-order valence-corrected chi connectivity index (χ3v) is 3.81. The summed E-state index contributed by atoms with van der Waals surface area (Å²) in [6.45, 7) is 7.94. The predicted octanol–water partition coefficient (Wildman–Crippen LogP) is 2.44. The van der Waals surface area contributed by atoms with Crippen LogP contribution in [-0.2, 0) is 0 Å². The molecule has 1 fully saturated rings. The van der Waals surface area contributed by atoms with Crippen LogP contribution in [-0.4, -0.2) is 41.0 Å². The van der Waals surface area contributed by atoms with Gasteiger partial charge in [0.25, 0.3) is 0 Å². The minimum Gasteiger partial charge on any atom is -0.363 e. The van der Waals surface area contributed by atoms with E-state index in [0.29, 0.717) is 12.4 Å². The van der Waals surface area contributed by atoms with E-state index in [-0.39, 0.29) is 5.69 Å². The minimum atomic E-state index is -0.392. The number of pyridine rings is 1. The Morgan fingerprint density at radius 1 is 1.45 bits per heavy atom. The molecule has 6 heteroatoms. The lowest BCUT2D eigenvalue weighted by atomic mass is 9.99. The Labute approximate surface area is 119 Å². The van der Waals surface area contributed by atoms with Gasteiger partial charge in [0.1, 0.15) is 0 Å². The summed E-state index contributed by atoms with van der Waals surface area (Å²) in [4.78, 5) is 17.2. The second-order valence-electron chi connectivity index (χ2n) is 5.53. The maximum Gasteiger partial charge on any atom is 0.311 e. The van der Waals surface area contributed by atoms with Crippen molar-refractivity contribution in [2.24, 2.45) is 5.92 Å². The lowest BCUT2D eigenvalue weighted by Crippen LogP contribution is -2.36. The average molecular weight is 278 g/mol. The van der Waals surface area contributed by atoms with Gasteiger partial charge < -0.3 is 10.2 Å². The van der Waals surface area contributed by atoms with Crippen molar-refractivity contribution in [3.8, 4) is 0 Å². The molecule has 0 spiro atoms. The number of aryl methyl sites for hydroxylation is 1. The SMILES string of the molecule is Cc1ccc([N+](=O)[O-])c(NCCN2CCC(C)CC2)n1. The molecular formula is C14H22N4O2. The smallest absolute Gasteiger partial charge is 0.311 e. The molecule has 1 aromatic heterocycles. The molecule has 20 heavy (non-hydrogen) atoms. The topological polar surface area (TPSA) is 71.3 Å². The summed E-state index contributed by atoms with van der Waals surface area (Å²) in [6, 6.07) is 3.17. The zero-order valence-corrected chi connectivity index (χ0v) is 12.1. The highest BCUT2D eigenvalue weighted by Crippen LogP contribution is 2.21. The van der Waals surface area contributed by atoms with Crippen LogP contribution in [0.15, 0.2) is 12.1 Å². The normalized spacial score (nSPS) is 17.1. The molecule has 0 radical (unpaired) electrons. The van der Waals surface area contributed by atoms with Gasteiger partial charge in [-0.3, -0.25) is 10.1 Å². The molecule has 0 aromatic carbocycles. The summed E-state index contributed by atoms with van der Waals surface area (Å²) in [6.07, 6.45) is 2.48. The molecule has 110 valence electrons. The van der Waals surface area contributed by atoms with Crippen LogP contribution >= 0.6 is 0 Å². The quantitative estimate of drug-likeness (QED) is 0.661. The molecule has 1 N–H and O–H groups in total. The highest BCUT2D eigenvalue weighted by Gasteiger charge is 2.17. The summed E-state index contributed by atoms with van der Waals surface area (Å²) in [5.74, 6) is 1.19. The van der Waals surface area contributed by atoms with Crippen LogP contribution in [0.3, 0.4) is 0 Å². The number of aromatic nitrogens is 1. The van der Waals surface area contributed by atoms with E-state index in [4.69, 9.17) is 0 Å². The highest BCUT2D eigenvalue weighted by molar-refractivity contribution is 5.56. The van der Waals surface area contributed by atoms with Crippen molar-refractivity contribution < 1.29 is 4.92 Å². The van der Waals surface area contributed by atoms with Crippen LogP contribution in [0, 0.1) is 23.0 Å². The van der Waals surface area contributed by atoms with Crippen LogP contribution in [0.25, 0.3) is 0 Å². The maximum atomic E-state index is 10.9. The third kappa shape index (κ3) is 3.90. The Hall–Kier alpha value is -1.69. The molecule has 0 bridgehead atoms. The standard InChI is InChI=1S/C14H22N4O2/c1-11-5-8-17(9-6-11)10-7-15-14-13(18(19)20)4-3-12(2)16-14/h3-4,11H,5-10H2,1-2H3,(H,15,16). The largest absolute Gasteiger partial charge is 0.363 e. The van der Waals surface area contributed by atoms with E-state index in [9.17, 15) is 10.1 Å². The zero-order valence-electron chi connectivity index (χ0n) is 12.1. The van der Waals surface area contributed by atoms with Gasteiger partial charge in [-0.15, -0.1) is 0 Å². The van der Waals surface area contributed by atoms with Gasteiger partial charge in [0, 0.05) is 24.8 Å². The molecule has 0 aliphatic carbocycles. The average Bonchev–Trinajstić information content (AvgIpc) is 2.41. The summed E-state index contributed by atoms with van der Waals surface area (Å²) in [7, 11) is 0. The van der Waals surface area contributed by atoms with Gasteiger partial charge in [0.2, 0.25) is 5.82 Å². The van der Waals surface area contributed by atoms with E-state index in [1.165, 1.54) is 18.9 Å². The molecular weight excluding hydrogens is 256 g/mol. The first-order chi connectivity index (χ1) is 9.56. The Kier molecular flexibility index (Phi) is 4.89. The number of nitro groups is 1. The molecule has 1 aliphatic heterocycles. The molecule has 6 nitrogen and oxygen atoms in total. The van der Waals surface area contributed by atoms with Gasteiger partial charge in [-0.2, -0.15) is 0 Å². The number of rotatable bonds is 5. The van der Waals surface area contributed by atoms with E-state index in [0.717, 1.165) is 31.2 Å². The first kappa shape index (κ1) is 14.7. The molecule has 1 aromatic rings. The lowest BCUT2D eigenvalue weighted by molar-refractivity contribution is -0.384. The van der Waals surface area contributed by atoms with Crippen LogP contribution < -0.4 is 5.32 Å². The van der Waals surface area contributed by atoms with Crippen molar-refractivity contribution in [3.05, 3.63) is 27.9 Å². The van der Waals surface area contributed by atoms with Crippen molar-refractivity contribution in [2.45, 2.75) is 26.7 Å². The van der Waals surface area contributed by atoms with Crippen LogP contribution in [0.1, 0.15) is 25.5 Å². The van der Waals surface area contributed by atoms with Gasteiger partial charge in [-0.05, 0) is 44.8 Å². The fraction of sp³-hybridized carbons (Fsp3) is 0.643. The second kappa shape index (κ2) is 6.65. The number of piperidine rings is 1. The Morgan fingerprint density at radius 3 is 2.80 bits per heavy atom. The predicted molar refractivity (Wildman–Crippen MR) is 79.0 cm³/mol. The fourth-order valence-corrected chi connectivity index (χ4v) is 2.44. The monoisotopic (exact) mass is 278 g/mol. The molecule has 0 atom stereocenters. The van der Waals surface area contributed by atoms with Gasteiger partial charge in [0.15, 0.2) is 0 Å². The van der Waals surface area contributed by atoms with E-state index >= 15 is 0 Å². The van der Waals surface area contributed by atoms with E-state index in [2.05, 4.69) is 22.1 Å². The van der Waals surface area contributed by atoms with Crippen LogP contribution in [0.5, 0.6) is 0 Å². The summed E-state index contributed by atoms with van der Waals surface area (Å²) >= 11 is 0. The number of nitrogens with zero attached hydrogens (tertiary/aromatic N) is 3. The molecule has 0 unspecified atom stereocenters. The number of anilines is 1. The second-order valence-corrected chi connectivity index (χ2v) is 5.53. The van der Waals surface area contributed by atoms with Gasteiger partial charge in [0.05, 0.1) is 4.92 Å². The molecule has 2 heterocycles. The van der Waals surface area contributed by atoms with E-state index < -0.39 is 4.92 Å². The van der Waals surface area contributed by atoms with E-state index in [1.54, 1.807) is 6.07 Å². The molecule has 0 saturated carbocycles. The first-order valence-electron chi connectivity index (χ1n) is 7.14. The Bertz CT molecular complexity index is 470. The fourth-order valence-electron chi connectivity index (χ4n) is 2.44. The van der Waals surface area contributed by atoms with Crippen molar-refractivity contribution in [1.82, 2.24) is 9.88 Å². The maximum absolute atomic E-state index is 10.9. The number of nitrogens with one attached hydrogen (secondary N) is 1. The zero-order chi connectivity index (χ0) is 14.5. The van der Waals surface area contributed by atoms with Gasteiger partial charge in [-0.1, -0.05) is 6.92 Å². The van der Waals surface area contributed by atoms with Crippen molar-refractivity contribution in [3.63, 3.8) is 0 Å². The summed E-state index contributed by atoms with van der Waals surface area (Å²) in [5, 5.41) is 14.0. The summed E-state index contributed by atoms with van der Waals surface area (Å²) < 4.78 is 0. The molecule has 1 aliphatic rings. The Morgan fingerprint density at radius 2 is 2.15 bits per heavy atom. The highest BCUT2D eigenvalue weighted by atomic mass is 16.6. The van der Waals surface area contributed by atoms with Crippen molar-refractivity contribution in [2.75, 3.05) is 31.5 Å². The number of hydrogen-bond donors (Lipinski definition) is 1. The van der Waals surface area contributed by atoms with E-state index in [1.807, 2.05) is 6.92 Å². The lowest BCUT2D eigenvalue weighted by Gasteiger charge is -2.30. The summed E-state index contributed by atoms with van der Waals surface area (Å²) in [5.41, 5.74) is 0.827. The van der Waals surface area contributed by atoms with Crippen LogP contribution in [0.2, 0.25) is 0 Å². The van der Waals surface area contributed by atoms with Crippen LogP contribution in [0.4, 0.5) is 11.5 Å². The molecule has 2 rings (SSSR count). The van der Waals surface area contributed by atoms with Crippen molar-refractivity contribution in [1.29, 1.82) is 0 Å².